The molecule has 1 aromatic carbocycles. The van der Waals surface area contributed by atoms with Crippen molar-refractivity contribution in [2.24, 2.45) is 5.92 Å². The van der Waals surface area contributed by atoms with Gasteiger partial charge in [0.2, 0.25) is 0 Å². The Morgan fingerprint density at radius 1 is 1.21 bits per heavy atom. The van der Waals surface area contributed by atoms with E-state index in [-0.39, 0.29) is 5.92 Å². The molecule has 1 aliphatic rings. The number of rotatable bonds is 5. The molecule has 0 bridgehead atoms. The van der Waals surface area contributed by atoms with Gasteiger partial charge >= 0.3 is 5.97 Å². The highest BCUT2D eigenvalue weighted by Crippen LogP contribution is 2.24. The van der Waals surface area contributed by atoms with Crippen LogP contribution < -0.4 is 5.32 Å². The van der Waals surface area contributed by atoms with E-state index in [1.54, 1.807) is 0 Å². The maximum absolute atomic E-state index is 10.9. The first-order chi connectivity index (χ1) is 9.20. The molecule has 2 N–H and O–H groups in total. The molecule has 0 saturated heterocycles. The summed E-state index contributed by atoms with van der Waals surface area (Å²) in [6.07, 6.45) is 4.63. The first-order valence-corrected chi connectivity index (χ1v) is 7.23. The van der Waals surface area contributed by atoms with Crippen molar-refractivity contribution in [2.45, 2.75) is 51.6 Å². The molecule has 0 unspecified atom stereocenters. The van der Waals surface area contributed by atoms with E-state index < -0.39 is 5.97 Å². The number of aliphatic carboxylic acids is 1. The van der Waals surface area contributed by atoms with E-state index in [2.05, 4.69) is 36.5 Å². The summed E-state index contributed by atoms with van der Waals surface area (Å²) in [7, 11) is 0. The number of aryl methyl sites for hydroxylation is 1. The SMILES string of the molecule is CCc1ccccc1CNC1CCC(C(=O)O)CC1. The van der Waals surface area contributed by atoms with Crippen molar-refractivity contribution in [3.05, 3.63) is 35.4 Å². The molecule has 0 atom stereocenters. The first-order valence-electron chi connectivity index (χ1n) is 7.23. The number of hydrogen-bond acceptors (Lipinski definition) is 2. The van der Waals surface area contributed by atoms with E-state index in [0.717, 1.165) is 38.6 Å². The van der Waals surface area contributed by atoms with E-state index in [1.807, 2.05) is 0 Å². The van der Waals surface area contributed by atoms with Crippen molar-refractivity contribution in [1.82, 2.24) is 5.32 Å². The summed E-state index contributed by atoms with van der Waals surface area (Å²) in [5, 5.41) is 12.6. The van der Waals surface area contributed by atoms with Crippen LogP contribution >= 0.6 is 0 Å². The monoisotopic (exact) mass is 261 g/mol. The highest BCUT2D eigenvalue weighted by molar-refractivity contribution is 5.70. The summed E-state index contributed by atoms with van der Waals surface area (Å²) in [6, 6.07) is 8.99. The Bertz CT molecular complexity index is 423. The zero-order chi connectivity index (χ0) is 13.7. The van der Waals surface area contributed by atoms with Crippen LogP contribution in [0, 0.1) is 5.92 Å². The standard InChI is InChI=1S/C16H23NO2/c1-2-12-5-3-4-6-14(12)11-17-15-9-7-13(8-10-15)16(18)19/h3-6,13,15,17H,2,7-11H2,1H3,(H,18,19). The van der Waals surface area contributed by atoms with Crippen LogP contribution in [0.3, 0.4) is 0 Å². The molecule has 0 amide bonds. The summed E-state index contributed by atoms with van der Waals surface area (Å²) in [6.45, 7) is 3.07. The minimum atomic E-state index is -0.630. The van der Waals surface area contributed by atoms with Crippen molar-refractivity contribution >= 4 is 5.97 Å². The van der Waals surface area contributed by atoms with Crippen LogP contribution in [0.25, 0.3) is 0 Å². The number of carboxylic acids is 1. The smallest absolute Gasteiger partial charge is 0.306 e. The summed E-state index contributed by atoms with van der Waals surface area (Å²) < 4.78 is 0. The van der Waals surface area contributed by atoms with Crippen LogP contribution in [-0.4, -0.2) is 17.1 Å². The third kappa shape index (κ3) is 3.80. The van der Waals surface area contributed by atoms with E-state index >= 15 is 0 Å². The molecule has 1 aromatic rings. The van der Waals surface area contributed by atoms with Crippen molar-refractivity contribution in [2.75, 3.05) is 0 Å². The molecule has 19 heavy (non-hydrogen) atoms. The lowest BCUT2D eigenvalue weighted by Gasteiger charge is -2.27. The minimum absolute atomic E-state index is 0.124. The first kappa shape index (κ1) is 14.1. The van der Waals surface area contributed by atoms with E-state index in [4.69, 9.17) is 5.11 Å². The average molecular weight is 261 g/mol. The molecular weight excluding hydrogens is 238 g/mol. The van der Waals surface area contributed by atoms with Crippen molar-refractivity contribution in [3.63, 3.8) is 0 Å². The van der Waals surface area contributed by atoms with Gasteiger partial charge in [0.05, 0.1) is 5.92 Å². The largest absolute Gasteiger partial charge is 0.481 e. The van der Waals surface area contributed by atoms with Gasteiger partial charge < -0.3 is 10.4 Å². The van der Waals surface area contributed by atoms with E-state index in [1.165, 1.54) is 11.1 Å². The number of benzene rings is 1. The van der Waals surface area contributed by atoms with Crippen LogP contribution in [-0.2, 0) is 17.8 Å². The Labute approximate surface area is 115 Å². The Morgan fingerprint density at radius 3 is 2.42 bits per heavy atom. The van der Waals surface area contributed by atoms with E-state index in [0.29, 0.717) is 6.04 Å². The van der Waals surface area contributed by atoms with Crippen molar-refractivity contribution in [3.8, 4) is 0 Å². The maximum Gasteiger partial charge on any atom is 0.306 e. The lowest BCUT2D eigenvalue weighted by atomic mass is 9.86. The molecule has 1 aliphatic carbocycles. The van der Waals surface area contributed by atoms with Crippen LogP contribution in [0.5, 0.6) is 0 Å². The number of nitrogens with one attached hydrogen (secondary N) is 1. The fourth-order valence-corrected chi connectivity index (χ4v) is 2.87. The minimum Gasteiger partial charge on any atom is -0.481 e. The topological polar surface area (TPSA) is 49.3 Å². The molecule has 3 heteroatoms. The normalized spacial score (nSPS) is 23.2. The second kappa shape index (κ2) is 6.71. The fourth-order valence-electron chi connectivity index (χ4n) is 2.87. The van der Waals surface area contributed by atoms with Crippen LogP contribution in [0.2, 0.25) is 0 Å². The highest BCUT2D eigenvalue weighted by Gasteiger charge is 2.25. The van der Waals surface area contributed by atoms with Gasteiger partial charge in [-0.2, -0.15) is 0 Å². The number of carboxylic acid groups (broad SMARTS) is 1. The summed E-state index contributed by atoms with van der Waals surface area (Å²) in [5.74, 6) is -0.754. The fraction of sp³-hybridized carbons (Fsp3) is 0.562. The Kier molecular flexibility index (Phi) is 4.97. The van der Waals surface area contributed by atoms with Gasteiger partial charge in [-0.3, -0.25) is 4.79 Å². The zero-order valence-electron chi connectivity index (χ0n) is 11.6. The molecule has 0 heterocycles. The lowest BCUT2D eigenvalue weighted by molar-refractivity contribution is -0.142. The van der Waals surface area contributed by atoms with Gasteiger partial charge in [-0.15, -0.1) is 0 Å². The molecule has 1 fully saturated rings. The van der Waals surface area contributed by atoms with Crippen LogP contribution in [0.15, 0.2) is 24.3 Å². The number of carbonyl (C=O) groups is 1. The molecule has 0 aromatic heterocycles. The molecule has 0 radical (unpaired) electrons. The van der Waals surface area contributed by atoms with Crippen LogP contribution in [0.4, 0.5) is 0 Å². The van der Waals surface area contributed by atoms with Gasteiger partial charge in [-0.1, -0.05) is 31.2 Å². The average Bonchev–Trinajstić information content (AvgIpc) is 2.45. The molecule has 2 rings (SSSR count). The highest BCUT2D eigenvalue weighted by atomic mass is 16.4. The molecular formula is C16H23NO2. The predicted octanol–water partition coefficient (Wildman–Crippen LogP) is 2.98. The number of hydrogen-bond donors (Lipinski definition) is 2. The van der Waals surface area contributed by atoms with Crippen molar-refractivity contribution < 1.29 is 9.90 Å². The van der Waals surface area contributed by atoms with Crippen LogP contribution in [0.1, 0.15) is 43.7 Å². The van der Waals surface area contributed by atoms with Gasteiger partial charge in [0.15, 0.2) is 0 Å². The third-order valence-electron chi connectivity index (χ3n) is 4.16. The van der Waals surface area contributed by atoms with Gasteiger partial charge in [-0.25, -0.2) is 0 Å². The summed E-state index contributed by atoms with van der Waals surface area (Å²) >= 11 is 0. The molecule has 0 spiro atoms. The Balaban J connectivity index is 1.82. The molecule has 104 valence electrons. The summed E-state index contributed by atoms with van der Waals surface area (Å²) in [4.78, 5) is 10.9. The lowest BCUT2D eigenvalue weighted by Crippen LogP contribution is -2.34. The molecule has 3 nitrogen and oxygen atoms in total. The predicted molar refractivity (Wildman–Crippen MR) is 76.0 cm³/mol. The van der Waals surface area contributed by atoms with Crippen molar-refractivity contribution in [1.29, 1.82) is 0 Å². The van der Waals surface area contributed by atoms with E-state index in [9.17, 15) is 4.79 Å². The zero-order valence-corrected chi connectivity index (χ0v) is 11.6. The van der Waals surface area contributed by atoms with Gasteiger partial charge in [-0.05, 0) is 43.2 Å². The van der Waals surface area contributed by atoms with Gasteiger partial charge in [0.25, 0.3) is 0 Å². The molecule has 1 saturated carbocycles. The summed E-state index contributed by atoms with van der Waals surface area (Å²) in [5.41, 5.74) is 2.76. The molecule has 0 aliphatic heterocycles. The second-order valence-corrected chi connectivity index (χ2v) is 5.39. The quantitative estimate of drug-likeness (QED) is 0.856. The maximum atomic E-state index is 10.9. The Morgan fingerprint density at radius 2 is 1.84 bits per heavy atom. The van der Waals surface area contributed by atoms with Gasteiger partial charge in [0.1, 0.15) is 0 Å². The second-order valence-electron chi connectivity index (χ2n) is 5.39. The Hall–Kier alpha value is -1.35. The van der Waals surface area contributed by atoms with Gasteiger partial charge in [0, 0.05) is 12.6 Å². The third-order valence-corrected chi connectivity index (χ3v) is 4.16.